The third-order valence-corrected chi connectivity index (χ3v) is 5.59. The Morgan fingerprint density at radius 1 is 1.12 bits per heavy atom. The van der Waals surface area contributed by atoms with Gasteiger partial charge in [-0.25, -0.2) is 0 Å². The minimum absolute atomic E-state index is 0.0352. The zero-order chi connectivity index (χ0) is 24.8. The van der Waals surface area contributed by atoms with Gasteiger partial charge in [-0.1, -0.05) is 17.7 Å². The predicted molar refractivity (Wildman–Crippen MR) is 126 cm³/mol. The van der Waals surface area contributed by atoms with Crippen molar-refractivity contribution < 1.29 is 24.1 Å². The molecule has 0 amide bonds. The molecule has 0 aliphatic rings. The number of nitriles is 1. The van der Waals surface area contributed by atoms with E-state index in [1.54, 1.807) is 42.5 Å². The normalized spacial score (nSPS) is 10.4. The number of halogens is 1. The summed E-state index contributed by atoms with van der Waals surface area (Å²) in [4.78, 5) is 25.8. The van der Waals surface area contributed by atoms with Gasteiger partial charge in [0.05, 0.1) is 19.8 Å². The molecule has 0 radical (unpaired) electrons. The van der Waals surface area contributed by atoms with Crippen molar-refractivity contribution in [1.82, 2.24) is 4.57 Å². The summed E-state index contributed by atoms with van der Waals surface area (Å²) < 4.78 is 17.0. The Morgan fingerprint density at radius 3 is 2.41 bits per heavy atom. The SMILES string of the molecule is COc1ccc(CCn2c(O)c(C(=O)COc3ccc(Cl)cc3)c(C)c(C#N)c2=O)cc1OC. The van der Waals surface area contributed by atoms with E-state index in [2.05, 4.69) is 0 Å². The Kier molecular flexibility index (Phi) is 7.82. The summed E-state index contributed by atoms with van der Waals surface area (Å²) in [5.41, 5.74) is -0.0930. The summed E-state index contributed by atoms with van der Waals surface area (Å²) in [7, 11) is 3.04. The average Bonchev–Trinajstić information content (AvgIpc) is 2.83. The summed E-state index contributed by atoms with van der Waals surface area (Å²) in [5, 5.41) is 20.9. The maximum absolute atomic E-state index is 12.9. The second kappa shape index (κ2) is 10.8. The van der Waals surface area contributed by atoms with E-state index in [-0.39, 0.29) is 23.2 Å². The highest BCUT2D eigenvalue weighted by atomic mass is 35.5. The van der Waals surface area contributed by atoms with Crippen LogP contribution in [-0.4, -0.2) is 36.3 Å². The van der Waals surface area contributed by atoms with Crippen molar-refractivity contribution >= 4 is 17.4 Å². The molecule has 0 aliphatic carbocycles. The first-order valence-electron chi connectivity index (χ1n) is 10.3. The van der Waals surface area contributed by atoms with Crippen LogP contribution in [0.5, 0.6) is 23.1 Å². The predicted octanol–water partition coefficient (Wildman–Crippen LogP) is 3.91. The first kappa shape index (κ1) is 24.7. The quantitative estimate of drug-likeness (QED) is 0.460. The number of ether oxygens (including phenoxy) is 3. The van der Waals surface area contributed by atoms with Gasteiger partial charge in [-0.05, 0) is 60.9 Å². The molecule has 0 saturated carbocycles. The highest BCUT2D eigenvalue weighted by molar-refractivity contribution is 6.30. The molecule has 0 bridgehead atoms. The molecule has 0 unspecified atom stereocenters. The number of nitrogens with zero attached hydrogens (tertiary/aromatic N) is 2. The molecule has 1 aromatic heterocycles. The fourth-order valence-corrected chi connectivity index (χ4v) is 3.65. The highest BCUT2D eigenvalue weighted by Gasteiger charge is 2.24. The van der Waals surface area contributed by atoms with Crippen molar-refractivity contribution in [3.05, 3.63) is 80.1 Å². The minimum atomic E-state index is -0.673. The van der Waals surface area contributed by atoms with E-state index in [1.165, 1.54) is 21.1 Å². The van der Waals surface area contributed by atoms with E-state index in [1.807, 2.05) is 6.07 Å². The van der Waals surface area contributed by atoms with Gasteiger partial charge in [-0.3, -0.25) is 14.2 Å². The van der Waals surface area contributed by atoms with Crippen LogP contribution in [0.25, 0.3) is 0 Å². The van der Waals surface area contributed by atoms with Crippen molar-refractivity contribution in [3.63, 3.8) is 0 Å². The van der Waals surface area contributed by atoms with Crippen molar-refractivity contribution in [1.29, 1.82) is 5.26 Å². The molecule has 0 fully saturated rings. The molecule has 9 heteroatoms. The molecular weight excluding hydrogens is 460 g/mol. The Balaban J connectivity index is 1.90. The lowest BCUT2D eigenvalue weighted by Crippen LogP contribution is -2.28. The number of Topliss-reactive ketones (excluding diaryl/α,β-unsaturated/α-hetero) is 1. The van der Waals surface area contributed by atoms with Gasteiger partial charge < -0.3 is 19.3 Å². The topological polar surface area (TPSA) is 111 Å². The number of rotatable bonds is 9. The van der Waals surface area contributed by atoms with Crippen molar-refractivity contribution in [2.24, 2.45) is 0 Å². The average molecular weight is 483 g/mol. The van der Waals surface area contributed by atoms with Crippen molar-refractivity contribution in [3.8, 4) is 29.2 Å². The molecule has 0 aliphatic heterocycles. The number of hydrogen-bond donors (Lipinski definition) is 1. The third-order valence-electron chi connectivity index (χ3n) is 5.33. The smallest absolute Gasteiger partial charge is 0.271 e. The van der Waals surface area contributed by atoms with Gasteiger partial charge in [0.15, 0.2) is 18.1 Å². The number of carbonyl (C=O) groups is 1. The summed E-state index contributed by atoms with van der Waals surface area (Å²) in [6, 6.07) is 13.6. The molecule has 1 N–H and O–H groups in total. The van der Waals surface area contributed by atoms with E-state index in [4.69, 9.17) is 25.8 Å². The number of aromatic nitrogens is 1. The number of pyridine rings is 1. The van der Waals surface area contributed by atoms with E-state index in [0.717, 1.165) is 10.1 Å². The highest BCUT2D eigenvalue weighted by Crippen LogP contribution is 2.28. The first-order valence-corrected chi connectivity index (χ1v) is 10.7. The van der Waals surface area contributed by atoms with E-state index in [9.17, 15) is 20.0 Å². The molecule has 0 saturated heterocycles. The maximum Gasteiger partial charge on any atom is 0.271 e. The number of carbonyl (C=O) groups excluding carboxylic acids is 1. The number of methoxy groups -OCH3 is 2. The Morgan fingerprint density at radius 2 is 1.79 bits per heavy atom. The van der Waals surface area contributed by atoms with E-state index in [0.29, 0.717) is 28.7 Å². The van der Waals surface area contributed by atoms with Crippen LogP contribution in [-0.2, 0) is 13.0 Å². The molecule has 3 rings (SSSR count). The largest absolute Gasteiger partial charge is 0.494 e. The second-order valence-electron chi connectivity index (χ2n) is 7.37. The van der Waals surface area contributed by atoms with Gasteiger partial charge in [-0.15, -0.1) is 0 Å². The van der Waals surface area contributed by atoms with Gasteiger partial charge in [0, 0.05) is 11.6 Å². The summed E-state index contributed by atoms with van der Waals surface area (Å²) >= 11 is 5.85. The van der Waals surface area contributed by atoms with Crippen LogP contribution in [0.4, 0.5) is 0 Å². The number of ketones is 1. The van der Waals surface area contributed by atoms with Crippen molar-refractivity contribution in [2.45, 2.75) is 19.9 Å². The second-order valence-corrected chi connectivity index (χ2v) is 7.81. The summed E-state index contributed by atoms with van der Waals surface area (Å²) in [6.45, 7) is 1.09. The molecule has 34 heavy (non-hydrogen) atoms. The Bertz CT molecular complexity index is 1310. The fourth-order valence-electron chi connectivity index (χ4n) is 3.52. The Labute approximate surface area is 201 Å². The summed E-state index contributed by atoms with van der Waals surface area (Å²) in [6.07, 6.45) is 0.330. The maximum atomic E-state index is 12.9. The van der Waals surface area contributed by atoms with Gasteiger partial charge in [0.25, 0.3) is 5.56 Å². The number of aromatic hydroxyl groups is 1. The van der Waals surface area contributed by atoms with Crippen LogP contribution in [0.2, 0.25) is 5.02 Å². The minimum Gasteiger partial charge on any atom is -0.494 e. The molecular formula is C25H23ClN2O6. The fraction of sp³-hybridized carbons (Fsp3) is 0.240. The van der Waals surface area contributed by atoms with Gasteiger partial charge in [0.2, 0.25) is 11.7 Å². The molecule has 8 nitrogen and oxygen atoms in total. The van der Waals surface area contributed by atoms with E-state index >= 15 is 0 Å². The molecule has 2 aromatic carbocycles. The number of hydrogen-bond acceptors (Lipinski definition) is 7. The zero-order valence-corrected chi connectivity index (χ0v) is 19.7. The van der Waals surface area contributed by atoms with Crippen LogP contribution < -0.4 is 19.8 Å². The van der Waals surface area contributed by atoms with Crippen LogP contribution in [0.15, 0.2) is 47.3 Å². The van der Waals surface area contributed by atoms with Gasteiger partial charge in [-0.2, -0.15) is 5.26 Å². The van der Waals surface area contributed by atoms with Crippen LogP contribution in [0.1, 0.15) is 27.0 Å². The first-order chi connectivity index (χ1) is 16.3. The van der Waals surface area contributed by atoms with Crippen LogP contribution >= 0.6 is 11.6 Å². The van der Waals surface area contributed by atoms with E-state index < -0.39 is 23.8 Å². The lowest BCUT2D eigenvalue weighted by Gasteiger charge is -2.16. The monoisotopic (exact) mass is 482 g/mol. The summed E-state index contributed by atoms with van der Waals surface area (Å²) in [5.74, 6) is 0.417. The molecule has 0 spiro atoms. The lowest BCUT2D eigenvalue weighted by atomic mass is 10.0. The molecule has 1 heterocycles. The Hall–Kier alpha value is -3.96. The van der Waals surface area contributed by atoms with Crippen LogP contribution in [0, 0.1) is 18.3 Å². The van der Waals surface area contributed by atoms with Crippen LogP contribution in [0.3, 0.4) is 0 Å². The van der Waals surface area contributed by atoms with Gasteiger partial charge in [0.1, 0.15) is 17.4 Å². The third kappa shape index (κ3) is 5.16. The van der Waals surface area contributed by atoms with Gasteiger partial charge >= 0.3 is 0 Å². The molecule has 0 atom stereocenters. The lowest BCUT2D eigenvalue weighted by molar-refractivity contribution is 0.0916. The standard InChI is InChI=1S/C25H23ClN2O6/c1-15-19(13-27)24(30)28(11-10-16-4-9-21(32-2)22(12-16)33-3)25(31)23(15)20(29)14-34-18-7-5-17(26)6-8-18/h4-9,12,31H,10-11,14H2,1-3H3. The number of benzene rings is 2. The zero-order valence-electron chi connectivity index (χ0n) is 18.9. The molecule has 3 aromatic rings. The molecule has 176 valence electrons. The van der Waals surface area contributed by atoms with Crippen molar-refractivity contribution in [2.75, 3.05) is 20.8 Å². The number of aryl methyl sites for hydroxylation is 1.